The number of rotatable bonds is 11. The average Bonchev–Trinajstić information content (AvgIpc) is 2.43. The van der Waals surface area contributed by atoms with Gasteiger partial charge >= 0.3 is 140 Å². The van der Waals surface area contributed by atoms with Gasteiger partial charge in [0.05, 0.1) is 0 Å². The molecule has 0 aromatic heterocycles. The Morgan fingerprint density at radius 3 is 1.57 bits per heavy atom. The zero-order valence-corrected chi connectivity index (χ0v) is 19.3. The Kier molecular flexibility index (Phi) is 12.3. The Morgan fingerprint density at radius 2 is 1.24 bits per heavy atom. The SMILES string of the molecule is CCC[CH2][Sn]([C]#CCO[Si](C)(C)C)([CH2]CCC)[CH2]CCC. The van der Waals surface area contributed by atoms with Crippen molar-refractivity contribution in [1.82, 2.24) is 0 Å². The summed E-state index contributed by atoms with van der Waals surface area (Å²) < 4.78 is 14.2. The zero-order chi connectivity index (χ0) is 16.2. The third-order valence-corrected chi connectivity index (χ3v) is 18.2. The first kappa shape index (κ1) is 21.5. The normalized spacial score (nSPS) is 12.1. The van der Waals surface area contributed by atoms with Crippen molar-refractivity contribution in [1.29, 1.82) is 0 Å². The third-order valence-electron chi connectivity index (χ3n) is 3.96. The van der Waals surface area contributed by atoms with Crippen LogP contribution >= 0.6 is 0 Å². The molecule has 0 fully saturated rings. The second kappa shape index (κ2) is 12.0. The minimum absolute atomic E-state index is 0.679. The molecule has 0 bridgehead atoms. The molecule has 0 N–H and O–H groups in total. The predicted octanol–water partition coefficient (Wildman–Crippen LogP) is 6.23. The van der Waals surface area contributed by atoms with Gasteiger partial charge in [0, 0.05) is 0 Å². The summed E-state index contributed by atoms with van der Waals surface area (Å²) in [6.07, 6.45) is 8.16. The summed E-state index contributed by atoms with van der Waals surface area (Å²) in [5.74, 6) is 3.47. The van der Waals surface area contributed by atoms with Gasteiger partial charge < -0.3 is 0 Å². The molecule has 0 aliphatic rings. The van der Waals surface area contributed by atoms with E-state index in [9.17, 15) is 0 Å². The molecule has 0 unspecified atom stereocenters. The van der Waals surface area contributed by atoms with Crippen LogP contribution in [0, 0.1) is 9.86 Å². The number of unbranched alkanes of at least 4 members (excludes halogenated alkanes) is 3. The van der Waals surface area contributed by atoms with Crippen LogP contribution in [0.5, 0.6) is 0 Å². The molecule has 0 radical (unpaired) electrons. The summed E-state index contributed by atoms with van der Waals surface area (Å²) in [4.78, 5) is 0. The van der Waals surface area contributed by atoms with Crippen LogP contribution in [-0.2, 0) is 4.43 Å². The average molecular weight is 417 g/mol. The van der Waals surface area contributed by atoms with E-state index in [-0.39, 0.29) is 0 Å². The van der Waals surface area contributed by atoms with Gasteiger partial charge in [0.1, 0.15) is 0 Å². The van der Waals surface area contributed by atoms with E-state index >= 15 is 0 Å². The summed E-state index contributed by atoms with van der Waals surface area (Å²) in [6, 6.07) is 0. The van der Waals surface area contributed by atoms with Crippen LogP contribution in [0.2, 0.25) is 33.0 Å². The van der Waals surface area contributed by atoms with Gasteiger partial charge in [-0.2, -0.15) is 0 Å². The van der Waals surface area contributed by atoms with Crippen molar-refractivity contribution in [3.8, 4) is 9.86 Å². The Morgan fingerprint density at radius 1 is 0.810 bits per heavy atom. The summed E-state index contributed by atoms with van der Waals surface area (Å²) >= 11 is -2.22. The van der Waals surface area contributed by atoms with Crippen molar-refractivity contribution in [2.45, 2.75) is 92.2 Å². The Labute approximate surface area is 139 Å². The molecule has 1 nitrogen and oxygen atoms in total. The van der Waals surface area contributed by atoms with Crippen LogP contribution in [0.15, 0.2) is 0 Å². The van der Waals surface area contributed by atoms with E-state index in [1.54, 1.807) is 0 Å². The van der Waals surface area contributed by atoms with Crippen LogP contribution in [0.4, 0.5) is 0 Å². The number of hydrogen-bond donors (Lipinski definition) is 0. The number of hydrogen-bond acceptors (Lipinski definition) is 1. The molecule has 0 atom stereocenters. The van der Waals surface area contributed by atoms with Crippen molar-refractivity contribution >= 4 is 26.7 Å². The Bertz CT molecular complexity index is 290. The predicted molar refractivity (Wildman–Crippen MR) is 102 cm³/mol. The molecule has 0 spiro atoms. The monoisotopic (exact) mass is 418 g/mol. The van der Waals surface area contributed by atoms with E-state index in [1.165, 1.54) is 51.8 Å². The molecule has 0 saturated heterocycles. The minimum atomic E-state index is -2.22. The molecule has 0 amide bonds. The summed E-state index contributed by atoms with van der Waals surface area (Å²) in [5.41, 5.74) is 0. The van der Waals surface area contributed by atoms with Gasteiger partial charge in [-0.15, -0.1) is 0 Å². The zero-order valence-electron chi connectivity index (χ0n) is 15.5. The van der Waals surface area contributed by atoms with Crippen molar-refractivity contribution in [2.75, 3.05) is 6.61 Å². The van der Waals surface area contributed by atoms with Crippen LogP contribution < -0.4 is 0 Å². The van der Waals surface area contributed by atoms with Gasteiger partial charge in [-0.05, 0) is 0 Å². The molecule has 0 aliphatic heterocycles. The van der Waals surface area contributed by atoms with Crippen molar-refractivity contribution < 1.29 is 4.43 Å². The first-order valence-electron chi connectivity index (χ1n) is 9.03. The quantitative estimate of drug-likeness (QED) is 0.286. The van der Waals surface area contributed by atoms with E-state index in [0.717, 1.165) is 0 Å². The Balaban J connectivity index is 4.81. The Hall–Kier alpha value is 0.536. The third kappa shape index (κ3) is 11.7. The standard InChI is InChI=1S/C6H11OSi.3C4H9.Sn/c1-5-6-7-8(2,3)4;3*1-3-4-2;/h6H2,2-4H3;3*1,3-4H2,2H3;. The first-order chi connectivity index (χ1) is 9.89. The molecule has 0 aliphatic carbocycles. The molecule has 21 heavy (non-hydrogen) atoms. The maximum atomic E-state index is 5.94. The molecule has 3 heteroatoms. The fourth-order valence-corrected chi connectivity index (χ4v) is 16.4. The van der Waals surface area contributed by atoms with Crippen LogP contribution in [0.1, 0.15) is 59.3 Å². The summed E-state index contributed by atoms with van der Waals surface area (Å²) in [5, 5.41) is 0. The molecule has 124 valence electrons. The molecular weight excluding hydrogens is 379 g/mol. The van der Waals surface area contributed by atoms with Gasteiger partial charge in [0.2, 0.25) is 0 Å². The molecule has 0 rings (SSSR count). The summed E-state index contributed by atoms with van der Waals surface area (Å²) in [7, 11) is -1.41. The van der Waals surface area contributed by atoms with Crippen LogP contribution in [-0.4, -0.2) is 33.3 Å². The van der Waals surface area contributed by atoms with Crippen molar-refractivity contribution in [2.24, 2.45) is 0 Å². The maximum absolute atomic E-state index is 5.94. The van der Waals surface area contributed by atoms with E-state index < -0.39 is 26.7 Å². The fraction of sp³-hybridized carbons (Fsp3) is 0.889. The van der Waals surface area contributed by atoms with Crippen molar-refractivity contribution in [3.63, 3.8) is 0 Å². The van der Waals surface area contributed by atoms with E-state index in [4.69, 9.17) is 4.43 Å². The van der Waals surface area contributed by atoms with Gasteiger partial charge in [-0.1, -0.05) is 0 Å². The van der Waals surface area contributed by atoms with Crippen molar-refractivity contribution in [3.05, 3.63) is 0 Å². The molecule has 0 aromatic rings. The van der Waals surface area contributed by atoms with Crippen LogP contribution in [0.25, 0.3) is 0 Å². The molecule has 0 aromatic carbocycles. The fourth-order valence-electron chi connectivity index (χ4n) is 2.58. The van der Waals surface area contributed by atoms with Gasteiger partial charge in [0.25, 0.3) is 0 Å². The van der Waals surface area contributed by atoms with E-state index in [2.05, 4.69) is 50.3 Å². The first-order valence-corrected chi connectivity index (χ1v) is 19.9. The molecule has 0 heterocycles. The van der Waals surface area contributed by atoms with Gasteiger partial charge in [-0.3, -0.25) is 0 Å². The van der Waals surface area contributed by atoms with Gasteiger partial charge in [0.15, 0.2) is 0 Å². The molecule has 0 saturated carbocycles. The second-order valence-electron chi connectivity index (χ2n) is 7.29. The van der Waals surface area contributed by atoms with E-state index in [0.29, 0.717) is 6.61 Å². The second-order valence-corrected chi connectivity index (χ2v) is 24.1. The molecular formula is C18H38OSiSn. The topological polar surface area (TPSA) is 9.23 Å². The van der Waals surface area contributed by atoms with E-state index in [1.807, 2.05) is 0 Å². The van der Waals surface area contributed by atoms with Crippen LogP contribution in [0.3, 0.4) is 0 Å². The summed E-state index contributed by atoms with van der Waals surface area (Å²) in [6.45, 7) is 14.4. The van der Waals surface area contributed by atoms with Gasteiger partial charge in [-0.25, -0.2) is 0 Å².